The summed E-state index contributed by atoms with van der Waals surface area (Å²) in [6.07, 6.45) is 3.34. The fourth-order valence-electron chi connectivity index (χ4n) is 2.00. The van der Waals surface area contributed by atoms with Gasteiger partial charge in [0.2, 0.25) is 0 Å². The van der Waals surface area contributed by atoms with Crippen LogP contribution in [0.25, 0.3) is 0 Å². The number of aromatic nitrogens is 1. The minimum absolute atomic E-state index is 0.0827. The summed E-state index contributed by atoms with van der Waals surface area (Å²) in [7, 11) is 0. The van der Waals surface area contributed by atoms with Gasteiger partial charge in [0.1, 0.15) is 0 Å². The summed E-state index contributed by atoms with van der Waals surface area (Å²) < 4.78 is 16.3. The van der Waals surface area contributed by atoms with Crippen LogP contribution in [0.15, 0.2) is 5.38 Å². The van der Waals surface area contributed by atoms with Crippen molar-refractivity contribution < 1.29 is 19.0 Å². The Labute approximate surface area is 135 Å². The molecule has 1 aliphatic heterocycles. The number of carbonyl (C=O) groups excluding carboxylic acids is 1. The van der Waals surface area contributed by atoms with Crippen LogP contribution in [0.1, 0.15) is 45.7 Å². The van der Waals surface area contributed by atoms with Crippen LogP contribution in [0.4, 0.5) is 4.79 Å². The predicted octanol–water partition coefficient (Wildman–Crippen LogP) is 3.12. The van der Waals surface area contributed by atoms with Crippen LogP contribution < -0.4 is 10.1 Å². The van der Waals surface area contributed by atoms with Gasteiger partial charge < -0.3 is 19.5 Å². The summed E-state index contributed by atoms with van der Waals surface area (Å²) in [5.74, 6) is 0. The standard InChI is InChI=1S/C15H24N2O4S/c1-15(2,3)17-13(18)21-14-16-11(10-22-14)7-9-20-12-6-4-5-8-19-12/h10,12H,4-9H2,1-3H3,(H,17,18). The summed E-state index contributed by atoms with van der Waals surface area (Å²) in [5.41, 5.74) is 0.532. The number of ether oxygens (including phenoxy) is 3. The third kappa shape index (κ3) is 6.29. The van der Waals surface area contributed by atoms with E-state index in [9.17, 15) is 4.79 Å². The summed E-state index contributed by atoms with van der Waals surface area (Å²) in [5, 5.41) is 4.96. The molecule has 1 aliphatic rings. The van der Waals surface area contributed by atoms with Gasteiger partial charge in [-0.1, -0.05) is 11.3 Å². The Morgan fingerprint density at radius 2 is 2.32 bits per heavy atom. The molecule has 22 heavy (non-hydrogen) atoms. The fraction of sp³-hybridized carbons (Fsp3) is 0.733. The monoisotopic (exact) mass is 328 g/mol. The van der Waals surface area contributed by atoms with Crippen LogP contribution in [0, 0.1) is 0 Å². The fourth-order valence-corrected chi connectivity index (χ4v) is 2.70. The van der Waals surface area contributed by atoms with Gasteiger partial charge in [-0.15, -0.1) is 0 Å². The predicted molar refractivity (Wildman–Crippen MR) is 84.3 cm³/mol. The summed E-state index contributed by atoms with van der Waals surface area (Å²) in [6, 6.07) is 0. The van der Waals surface area contributed by atoms with Crippen LogP contribution in [-0.4, -0.2) is 36.1 Å². The van der Waals surface area contributed by atoms with E-state index >= 15 is 0 Å². The van der Waals surface area contributed by atoms with Crippen LogP contribution in [-0.2, 0) is 15.9 Å². The molecule has 2 heterocycles. The molecule has 1 N–H and O–H groups in total. The molecule has 1 amide bonds. The van der Waals surface area contributed by atoms with Crippen molar-refractivity contribution in [2.24, 2.45) is 0 Å². The van der Waals surface area contributed by atoms with E-state index in [1.807, 2.05) is 26.2 Å². The van der Waals surface area contributed by atoms with E-state index in [1.54, 1.807) is 0 Å². The Bertz CT molecular complexity index is 478. The largest absolute Gasteiger partial charge is 0.414 e. The number of amides is 1. The summed E-state index contributed by atoms with van der Waals surface area (Å²) in [4.78, 5) is 15.9. The second kappa shape index (κ2) is 7.89. The van der Waals surface area contributed by atoms with E-state index in [0.717, 1.165) is 31.6 Å². The van der Waals surface area contributed by atoms with Gasteiger partial charge in [0.05, 0.1) is 12.3 Å². The van der Waals surface area contributed by atoms with E-state index < -0.39 is 6.09 Å². The molecule has 0 radical (unpaired) electrons. The second-order valence-corrected chi connectivity index (χ2v) is 7.11. The average Bonchev–Trinajstić information content (AvgIpc) is 2.85. The zero-order valence-electron chi connectivity index (χ0n) is 13.4. The third-order valence-electron chi connectivity index (χ3n) is 2.99. The van der Waals surface area contributed by atoms with Crippen molar-refractivity contribution >= 4 is 17.4 Å². The first-order valence-electron chi connectivity index (χ1n) is 7.60. The molecule has 1 aromatic heterocycles. The zero-order valence-corrected chi connectivity index (χ0v) is 14.2. The second-order valence-electron chi connectivity index (χ2n) is 6.29. The first-order valence-corrected chi connectivity index (χ1v) is 8.48. The topological polar surface area (TPSA) is 69.7 Å². The van der Waals surface area contributed by atoms with Crippen molar-refractivity contribution in [3.05, 3.63) is 11.1 Å². The Balaban J connectivity index is 1.70. The Kier molecular flexibility index (Phi) is 6.16. The average molecular weight is 328 g/mol. The minimum Gasteiger partial charge on any atom is -0.381 e. The highest BCUT2D eigenvalue weighted by atomic mass is 32.1. The van der Waals surface area contributed by atoms with E-state index in [4.69, 9.17) is 14.2 Å². The number of nitrogens with zero attached hydrogens (tertiary/aromatic N) is 1. The lowest BCUT2D eigenvalue weighted by atomic mass is 10.1. The summed E-state index contributed by atoms with van der Waals surface area (Å²) in [6.45, 7) is 7.02. The highest BCUT2D eigenvalue weighted by Crippen LogP contribution is 2.19. The van der Waals surface area contributed by atoms with Gasteiger partial charge in [0.25, 0.3) is 5.19 Å². The smallest absolute Gasteiger partial charge is 0.381 e. The SMILES string of the molecule is CC(C)(C)NC(=O)Oc1nc(CCOC2CCCCO2)cs1. The number of nitrogens with one attached hydrogen (secondary N) is 1. The molecule has 6 nitrogen and oxygen atoms in total. The molecular weight excluding hydrogens is 304 g/mol. The van der Waals surface area contributed by atoms with Gasteiger partial charge in [-0.2, -0.15) is 0 Å². The van der Waals surface area contributed by atoms with Crippen LogP contribution >= 0.6 is 11.3 Å². The van der Waals surface area contributed by atoms with Crippen molar-refractivity contribution in [1.29, 1.82) is 0 Å². The molecular formula is C15H24N2O4S. The van der Waals surface area contributed by atoms with E-state index in [0.29, 0.717) is 18.2 Å². The number of thiazole rings is 1. The quantitative estimate of drug-likeness (QED) is 0.899. The van der Waals surface area contributed by atoms with E-state index in [1.165, 1.54) is 11.3 Å². The van der Waals surface area contributed by atoms with Crippen molar-refractivity contribution in [3.63, 3.8) is 0 Å². The molecule has 0 saturated carbocycles. The van der Waals surface area contributed by atoms with Crippen molar-refractivity contribution in [3.8, 4) is 5.19 Å². The lowest BCUT2D eigenvalue weighted by Crippen LogP contribution is -2.42. The normalized spacial score (nSPS) is 19.0. The lowest BCUT2D eigenvalue weighted by Gasteiger charge is -2.22. The molecule has 0 aromatic carbocycles. The van der Waals surface area contributed by atoms with Crippen molar-refractivity contribution in [2.45, 2.75) is 58.3 Å². The minimum atomic E-state index is -0.486. The van der Waals surface area contributed by atoms with Gasteiger partial charge >= 0.3 is 6.09 Å². The molecule has 0 aliphatic carbocycles. The maximum Gasteiger partial charge on any atom is 0.414 e. The van der Waals surface area contributed by atoms with Gasteiger partial charge in [-0.05, 0) is 40.0 Å². The van der Waals surface area contributed by atoms with Gasteiger partial charge in [-0.3, -0.25) is 0 Å². The number of rotatable bonds is 5. The summed E-state index contributed by atoms with van der Waals surface area (Å²) >= 11 is 1.31. The molecule has 2 rings (SSSR count). The molecule has 1 fully saturated rings. The molecule has 0 spiro atoms. The Morgan fingerprint density at radius 3 is 3.00 bits per heavy atom. The molecule has 0 bridgehead atoms. The molecule has 1 aromatic rings. The maximum absolute atomic E-state index is 11.7. The van der Waals surface area contributed by atoms with E-state index in [2.05, 4.69) is 10.3 Å². The van der Waals surface area contributed by atoms with Gasteiger partial charge in [0, 0.05) is 23.9 Å². The first kappa shape index (κ1) is 17.2. The van der Waals surface area contributed by atoms with Gasteiger partial charge in [-0.25, -0.2) is 9.78 Å². The Morgan fingerprint density at radius 1 is 1.50 bits per heavy atom. The number of hydrogen-bond donors (Lipinski definition) is 1. The molecule has 1 saturated heterocycles. The lowest BCUT2D eigenvalue weighted by molar-refractivity contribution is -0.161. The highest BCUT2D eigenvalue weighted by Gasteiger charge is 2.17. The van der Waals surface area contributed by atoms with Crippen molar-refractivity contribution in [2.75, 3.05) is 13.2 Å². The third-order valence-corrected chi connectivity index (χ3v) is 3.75. The van der Waals surface area contributed by atoms with Crippen LogP contribution in [0.3, 0.4) is 0 Å². The number of carbonyl (C=O) groups is 1. The first-order chi connectivity index (χ1) is 10.4. The zero-order chi connectivity index (χ0) is 16.0. The highest BCUT2D eigenvalue weighted by molar-refractivity contribution is 7.11. The molecule has 124 valence electrons. The molecule has 1 atom stereocenters. The van der Waals surface area contributed by atoms with Crippen LogP contribution in [0.2, 0.25) is 0 Å². The maximum atomic E-state index is 11.7. The Hall–Kier alpha value is -1.18. The number of hydrogen-bond acceptors (Lipinski definition) is 6. The molecule has 1 unspecified atom stereocenters. The van der Waals surface area contributed by atoms with Gasteiger partial charge in [0.15, 0.2) is 6.29 Å². The van der Waals surface area contributed by atoms with E-state index in [-0.39, 0.29) is 11.8 Å². The molecule has 7 heteroatoms. The van der Waals surface area contributed by atoms with Crippen LogP contribution in [0.5, 0.6) is 5.19 Å². The van der Waals surface area contributed by atoms with Crippen molar-refractivity contribution in [1.82, 2.24) is 10.3 Å².